The van der Waals surface area contributed by atoms with Gasteiger partial charge in [-0.2, -0.15) is 0 Å². The molecule has 1 saturated heterocycles. The van der Waals surface area contributed by atoms with E-state index in [9.17, 15) is 0 Å². The van der Waals surface area contributed by atoms with Crippen LogP contribution in [0, 0.1) is 0 Å². The van der Waals surface area contributed by atoms with Crippen LogP contribution >= 0.6 is 0 Å². The van der Waals surface area contributed by atoms with Crippen molar-refractivity contribution < 1.29 is 0 Å². The summed E-state index contributed by atoms with van der Waals surface area (Å²) in [6, 6.07) is 5.58. The lowest BCUT2D eigenvalue weighted by molar-refractivity contribution is 0.169. The highest BCUT2D eigenvalue weighted by Crippen LogP contribution is 2.21. The summed E-state index contributed by atoms with van der Waals surface area (Å²) in [4.78, 5) is 9.72. The van der Waals surface area contributed by atoms with Crippen molar-refractivity contribution in [2.45, 2.75) is 45.8 Å². The van der Waals surface area contributed by atoms with Crippen LogP contribution in [0.4, 0.5) is 5.82 Å². The van der Waals surface area contributed by atoms with Gasteiger partial charge in [-0.25, -0.2) is 4.98 Å². The van der Waals surface area contributed by atoms with E-state index in [4.69, 9.17) is 4.98 Å². The van der Waals surface area contributed by atoms with Crippen molar-refractivity contribution in [3.05, 3.63) is 23.4 Å². The zero-order valence-corrected chi connectivity index (χ0v) is 13.5. The molecule has 0 saturated carbocycles. The van der Waals surface area contributed by atoms with E-state index in [0.29, 0.717) is 12.1 Å². The van der Waals surface area contributed by atoms with Crippen molar-refractivity contribution in [2.24, 2.45) is 0 Å². The van der Waals surface area contributed by atoms with Crippen LogP contribution in [0.3, 0.4) is 0 Å². The fraction of sp³-hybridized carbons (Fsp3) is 0.688. The number of piperazine rings is 1. The van der Waals surface area contributed by atoms with Gasteiger partial charge < -0.3 is 10.2 Å². The normalized spacial score (nSPS) is 24.1. The first-order valence-corrected chi connectivity index (χ1v) is 7.66. The number of rotatable bonds is 4. The molecular weight excluding hydrogens is 248 g/mol. The Bertz CT molecular complexity index is 434. The number of nitrogens with zero attached hydrogens (tertiary/aromatic N) is 3. The fourth-order valence-electron chi connectivity index (χ4n) is 2.87. The van der Waals surface area contributed by atoms with Gasteiger partial charge in [0.1, 0.15) is 5.82 Å². The van der Waals surface area contributed by atoms with Gasteiger partial charge in [-0.05, 0) is 52.1 Å². The van der Waals surface area contributed by atoms with Gasteiger partial charge in [0, 0.05) is 37.4 Å². The first kappa shape index (κ1) is 15.3. The lowest BCUT2D eigenvalue weighted by Crippen LogP contribution is -2.55. The number of hydrogen-bond donors (Lipinski definition) is 1. The number of likely N-dealkylation sites (N-methyl/N-ethyl adjacent to an activating group) is 1. The lowest BCUT2D eigenvalue weighted by Gasteiger charge is -2.43. The topological polar surface area (TPSA) is 31.4 Å². The highest BCUT2D eigenvalue weighted by Gasteiger charge is 2.27. The molecule has 2 unspecified atom stereocenters. The second-order valence-corrected chi connectivity index (χ2v) is 5.98. The van der Waals surface area contributed by atoms with Gasteiger partial charge in [-0.15, -0.1) is 0 Å². The fourth-order valence-corrected chi connectivity index (χ4v) is 2.87. The molecule has 112 valence electrons. The molecule has 1 aromatic heterocycles. The van der Waals surface area contributed by atoms with Gasteiger partial charge in [0.05, 0.1) is 0 Å². The maximum atomic E-state index is 4.83. The van der Waals surface area contributed by atoms with E-state index in [1.807, 2.05) is 7.05 Å². The first-order chi connectivity index (χ1) is 9.55. The summed E-state index contributed by atoms with van der Waals surface area (Å²) in [6.07, 6.45) is 0.989. The second kappa shape index (κ2) is 6.55. The summed E-state index contributed by atoms with van der Waals surface area (Å²) in [5.74, 6) is 1.14. The Labute approximate surface area is 123 Å². The number of anilines is 1. The summed E-state index contributed by atoms with van der Waals surface area (Å²) in [5.41, 5.74) is 2.51. The molecule has 4 nitrogen and oxygen atoms in total. The first-order valence-electron chi connectivity index (χ1n) is 7.66. The molecule has 2 atom stereocenters. The predicted molar refractivity (Wildman–Crippen MR) is 85.3 cm³/mol. The average Bonchev–Trinajstić information content (AvgIpc) is 2.44. The van der Waals surface area contributed by atoms with Crippen LogP contribution < -0.4 is 10.2 Å². The summed E-state index contributed by atoms with van der Waals surface area (Å²) in [6.45, 7) is 9.77. The lowest BCUT2D eigenvalue weighted by atomic mass is 10.1. The van der Waals surface area contributed by atoms with Crippen LogP contribution in [0.25, 0.3) is 0 Å². The molecule has 1 aliphatic heterocycles. The number of nitrogens with one attached hydrogen (secondary N) is 1. The zero-order valence-electron chi connectivity index (χ0n) is 13.5. The molecule has 1 N–H and O–H groups in total. The van der Waals surface area contributed by atoms with E-state index >= 15 is 0 Å². The molecule has 0 radical (unpaired) electrons. The molecule has 20 heavy (non-hydrogen) atoms. The summed E-state index contributed by atoms with van der Waals surface area (Å²) in [7, 11) is 4.21. The third-order valence-electron chi connectivity index (χ3n) is 4.35. The minimum atomic E-state index is 0.568. The van der Waals surface area contributed by atoms with E-state index in [1.165, 1.54) is 11.3 Å². The van der Waals surface area contributed by atoms with Crippen LogP contribution in [0.2, 0.25) is 0 Å². The molecule has 4 heteroatoms. The van der Waals surface area contributed by atoms with E-state index < -0.39 is 0 Å². The highest BCUT2D eigenvalue weighted by atomic mass is 15.3. The predicted octanol–water partition coefficient (Wildman–Crippen LogP) is 1.89. The van der Waals surface area contributed by atoms with Crippen LogP contribution in [0.15, 0.2) is 12.1 Å². The quantitative estimate of drug-likeness (QED) is 0.910. The Morgan fingerprint density at radius 1 is 1.25 bits per heavy atom. The standard InChI is InChI=1S/C16H28N4/c1-6-15-7-14(9-17-4)8-16(18-15)20-10-12(2)19(5)13(3)11-20/h7-8,12-13,17H,6,9-11H2,1-5H3. The van der Waals surface area contributed by atoms with Crippen molar-refractivity contribution in [3.63, 3.8) is 0 Å². The minimum Gasteiger partial charge on any atom is -0.353 e. The van der Waals surface area contributed by atoms with Gasteiger partial charge >= 0.3 is 0 Å². The molecule has 0 amide bonds. The third-order valence-corrected chi connectivity index (χ3v) is 4.35. The van der Waals surface area contributed by atoms with Crippen molar-refractivity contribution in [3.8, 4) is 0 Å². The summed E-state index contributed by atoms with van der Waals surface area (Å²) in [5, 5.41) is 3.24. The van der Waals surface area contributed by atoms with Gasteiger partial charge in [0.15, 0.2) is 0 Å². The number of aromatic nitrogens is 1. The molecule has 0 spiro atoms. The molecule has 1 aliphatic rings. The molecule has 2 rings (SSSR count). The van der Waals surface area contributed by atoms with E-state index in [2.05, 4.69) is 55.1 Å². The molecule has 1 aromatic rings. The van der Waals surface area contributed by atoms with Gasteiger partial charge in [0.2, 0.25) is 0 Å². The van der Waals surface area contributed by atoms with E-state index in [1.54, 1.807) is 0 Å². The van der Waals surface area contributed by atoms with Crippen LogP contribution in [0.5, 0.6) is 0 Å². The smallest absolute Gasteiger partial charge is 0.129 e. The van der Waals surface area contributed by atoms with Crippen molar-refractivity contribution >= 4 is 5.82 Å². The third kappa shape index (κ3) is 3.30. The molecule has 1 fully saturated rings. The molecule has 0 aliphatic carbocycles. The molecule has 2 heterocycles. The largest absolute Gasteiger partial charge is 0.353 e. The second-order valence-electron chi connectivity index (χ2n) is 5.98. The Hall–Kier alpha value is -1.13. The SMILES string of the molecule is CCc1cc(CNC)cc(N2CC(C)N(C)C(C)C2)n1. The van der Waals surface area contributed by atoms with Gasteiger partial charge in [0.25, 0.3) is 0 Å². The van der Waals surface area contributed by atoms with Crippen molar-refractivity contribution in [2.75, 3.05) is 32.1 Å². The number of hydrogen-bond acceptors (Lipinski definition) is 4. The molecule has 0 aromatic carbocycles. The summed E-state index contributed by atoms with van der Waals surface area (Å²) >= 11 is 0. The maximum Gasteiger partial charge on any atom is 0.129 e. The number of aryl methyl sites for hydroxylation is 1. The van der Waals surface area contributed by atoms with E-state index in [-0.39, 0.29) is 0 Å². The zero-order chi connectivity index (χ0) is 14.7. The minimum absolute atomic E-state index is 0.568. The Balaban J connectivity index is 2.25. The number of pyridine rings is 1. The monoisotopic (exact) mass is 276 g/mol. The van der Waals surface area contributed by atoms with Crippen LogP contribution in [0.1, 0.15) is 32.0 Å². The Morgan fingerprint density at radius 3 is 2.45 bits per heavy atom. The summed E-state index contributed by atoms with van der Waals surface area (Å²) < 4.78 is 0. The maximum absolute atomic E-state index is 4.83. The highest BCUT2D eigenvalue weighted by molar-refractivity contribution is 5.44. The Morgan fingerprint density at radius 2 is 1.90 bits per heavy atom. The van der Waals surface area contributed by atoms with Crippen molar-refractivity contribution in [1.29, 1.82) is 0 Å². The molecular formula is C16H28N4. The Kier molecular flexibility index (Phi) is 5.00. The molecule has 0 bridgehead atoms. The van der Waals surface area contributed by atoms with Gasteiger partial charge in [-0.3, -0.25) is 4.90 Å². The van der Waals surface area contributed by atoms with E-state index in [0.717, 1.165) is 31.9 Å². The van der Waals surface area contributed by atoms with Crippen LogP contribution in [-0.4, -0.2) is 49.2 Å². The van der Waals surface area contributed by atoms with Crippen molar-refractivity contribution in [1.82, 2.24) is 15.2 Å². The average molecular weight is 276 g/mol. The van der Waals surface area contributed by atoms with Gasteiger partial charge in [-0.1, -0.05) is 6.92 Å². The van der Waals surface area contributed by atoms with Crippen LogP contribution in [-0.2, 0) is 13.0 Å².